The second-order valence-corrected chi connectivity index (χ2v) is 15.2. The Morgan fingerprint density at radius 3 is 1.08 bits per heavy atom. The third kappa shape index (κ3) is 25.0. The molecule has 51 heavy (non-hydrogen) atoms. The van der Waals surface area contributed by atoms with E-state index in [0.29, 0.717) is 0 Å². The van der Waals surface area contributed by atoms with Gasteiger partial charge in [0.05, 0.1) is 22.8 Å². The van der Waals surface area contributed by atoms with E-state index in [9.17, 15) is 0 Å². The van der Waals surface area contributed by atoms with Gasteiger partial charge in [0.25, 0.3) is 0 Å². The summed E-state index contributed by atoms with van der Waals surface area (Å²) in [5.74, 6) is 0. The Morgan fingerprint density at radius 1 is 0.392 bits per heavy atom. The van der Waals surface area contributed by atoms with Crippen LogP contribution >= 0.6 is 0 Å². The van der Waals surface area contributed by atoms with Gasteiger partial charge in [0.2, 0.25) is 0 Å². The van der Waals surface area contributed by atoms with Gasteiger partial charge in [0, 0.05) is 16.5 Å². The molecule has 0 heterocycles. The molecule has 0 saturated carbocycles. The summed E-state index contributed by atoms with van der Waals surface area (Å²) in [4.78, 5) is 10.5. The first kappa shape index (κ1) is 47.3. The van der Waals surface area contributed by atoms with Crippen molar-refractivity contribution in [3.63, 3.8) is 0 Å². The molecule has 0 unspecified atom stereocenters. The van der Waals surface area contributed by atoms with Crippen molar-refractivity contribution in [3.8, 4) is 0 Å². The molecule has 0 aliphatic carbocycles. The molecule has 0 saturated heterocycles. The fourth-order valence-electron chi connectivity index (χ4n) is 7.17. The van der Waals surface area contributed by atoms with Crippen LogP contribution in [0, 0.1) is 0 Å². The molecule has 3 heteroatoms. The molecule has 0 bridgehead atoms. The third-order valence-corrected chi connectivity index (χ3v) is 10.4. The number of hydrogen-bond donors (Lipinski definition) is 0. The van der Waals surface area contributed by atoms with Crippen LogP contribution < -0.4 is 0 Å². The molecule has 0 N–H and O–H groups in total. The molecule has 0 spiro atoms. The van der Waals surface area contributed by atoms with Crippen molar-refractivity contribution < 1.29 is 16.5 Å². The fourth-order valence-corrected chi connectivity index (χ4v) is 7.17. The van der Waals surface area contributed by atoms with Crippen LogP contribution in [0.25, 0.3) is 0 Å². The Hall–Kier alpha value is -1.73. The Labute approximate surface area is 327 Å². The molecular weight excluding hydrogens is 663 g/mol. The summed E-state index contributed by atoms with van der Waals surface area (Å²) in [7, 11) is 0. The van der Waals surface area contributed by atoms with Gasteiger partial charge >= 0.3 is 0 Å². The molecule has 2 aromatic carbocycles. The van der Waals surface area contributed by atoms with Crippen molar-refractivity contribution in [2.75, 3.05) is 0 Å². The van der Waals surface area contributed by atoms with E-state index in [0.717, 1.165) is 49.2 Å². The number of hydrogen-bond acceptors (Lipinski definition) is 2. The molecular formula is C48H80N2Ni. The maximum atomic E-state index is 5.26. The molecule has 2 aromatic rings. The van der Waals surface area contributed by atoms with Gasteiger partial charge in [-0.2, -0.15) is 0 Å². The average molecular weight is 744 g/mol. The standard InChI is InChI=1S/C48H80N2.Ni/c1-5-9-12-14-16-18-20-22-24-26-28-30-34-43-36-32-38-45(41-43)49-47(8-4)48(40-11-7-3)50-46-39-33-37-44(42-46)35-31-29-27-25-23-21-19-17-15-13-10-6-2;/h32-33,36-39,41-42H,5-31,34-35,40H2,1-4H3;/b49-47+,50-48+;. The molecule has 0 aromatic heterocycles. The van der Waals surface area contributed by atoms with Crippen LogP contribution in [-0.2, 0) is 29.3 Å². The van der Waals surface area contributed by atoms with Gasteiger partial charge in [-0.25, -0.2) is 0 Å². The van der Waals surface area contributed by atoms with Gasteiger partial charge < -0.3 is 0 Å². The summed E-state index contributed by atoms with van der Waals surface area (Å²) in [6, 6.07) is 18.0. The fraction of sp³-hybridized carbons (Fsp3) is 0.708. The number of rotatable bonds is 33. The minimum atomic E-state index is 0. The molecule has 0 radical (unpaired) electrons. The van der Waals surface area contributed by atoms with Crippen LogP contribution in [0.2, 0.25) is 0 Å². The molecule has 0 fully saturated rings. The minimum Gasteiger partial charge on any atom is -0.252 e. The number of nitrogens with zero attached hydrogens (tertiary/aromatic N) is 2. The zero-order chi connectivity index (χ0) is 35.7. The number of aliphatic imine (C=N–C) groups is 2. The molecule has 0 aliphatic heterocycles. The SMILES string of the molecule is CCCCCCCCCCCCCCc1cccc(/N=C(CC)/C(CCCC)=N/c2cccc(CCCCCCCCCCCCCC)c2)c1.[Ni]. The predicted molar refractivity (Wildman–Crippen MR) is 226 cm³/mol. The van der Waals surface area contributed by atoms with Crippen molar-refractivity contribution in [1.82, 2.24) is 0 Å². The van der Waals surface area contributed by atoms with E-state index in [1.54, 1.807) is 0 Å². The summed E-state index contributed by atoms with van der Waals surface area (Å²) in [5, 5.41) is 0. The summed E-state index contributed by atoms with van der Waals surface area (Å²) < 4.78 is 0. The quantitative estimate of drug-likeness (QED) is 0.0395. The number of aryl methyl sites for hydroxylation is 2. The van der Waals surface area contributed by atoms with E-state index in [2.05, 4.69) is 76.2 Å². The predicted octanol–water partition coefficient (Wildman–Crippen LogP) is 16.6. The van der Waals surface area contributed by atoms with Crippen LogP contribution in [0.5, 0.6) is 0 Å². The first-order chi connectivity index (χ1) is 24.7. The van der Waals surface area contributed by atoms with Crippen LogP contribution in [0.3, 0.4) is 0 Å². The second kappa shape index (κ2) is 34.1. The van der Waals surface area contributed by atoms with E-state index in [1.807, 2.05) is 0 Å². The van der Waals surface area contributed by atoms with Gasteiger partial charge in [0.1, 0.15) is 0 Å². The first-order valence-electron chi connectivity index (χ1n) is 22.0. The minimum absolute atomic E-state index is 0. The van der Waals surface area contributed by atoms with Gasteiger partial charge in [-0.1, -0.05) is 200 Å². The number of unbranched alkanes of at least 4 members (excludes halogenated alkanes) is 23. The average Bonchev–Trinajstić information content (AvgIpc) is 3.13. The Morgan fingerprint density at radius 2 is 0.725 bits per heavy atom. The molecule has 0 atom stereocenters. The molecule has 2 nitrogen and oxygen atoms in total. The van der Waals surface area contributed by atoms with Gasteiger partial charge in [-0.15, -0.1) is 0 Å². The number of benzene rings is 2. The van der Waals surface area contributed by atoms with Gasteiger partial charge in [-0.3, -0.25) is 9.98 Å². The van der Waals surface area contributed by atoms with Crippen molar-refractivity contribution >= 4 is 22.8 Å². The van der Waals surface area contributed by atoms with Crippen molar-refractivity contribution in [2.24, 2.45) is 9.98 Å². The summed E-state index contributed by atoms with van der Waals surface area (Å²) in [6.45, 7) is 9.11. The second-order valence-electron chi connectivity index (χ2n) is 15.2. The smallest absolute Gasteiger partial charge is 0.0636 e. The Balaban J connectivity index is 0.0000130. The molecule has 2 rings (SSSR count). The van der Waals surface area contributed by atoms with E-state index < -0.39 is 0 Å². The Bertz CT molecular complexity index is 1140. The van der Waals surface area contributed by atoms with Crippen LogP contribution in [-0.4, -0.2) is 11.4 Å². The largest absolute Gasteiger partial charge is 0.252 e. The van der Waals surface area contributed by atoms with E-state index >= 15 is 0 Å². The van der Waals surface area contributed by atoms with Crippen LogP contribution in [0.1, 0.15) is 219 Å². The molecule has 0 amide bonds. The van der Waals surface area contributed by atoms with Gasteiger partial charge in [-0.05, 0) is 80.3 Å². The van der Waals surface area contributed by atoms with Crippen molar-refractivity contribution in [2.45, 2.75) is 220 Å². The normalized spacial score (nSPS) is 12.0. The third-order valence-electron chi connectivity index (χ3n) is 10.4. The monoisotopic (exact) mass is 743 g/mol. The van der Waals surface area contributed by atoms with E-state index in [-0.39, 0.29) is 16.5 Å². The summed E-state index contributed by atoms with van der Waals surface area (Å²) in [5.41, 5.74) is 7.34. The van der Waals surface area contributed by atoms with Crippen molar-refractivity contribution in [1.29, 1.82) is 0 Å². The van der Waals surface area contributed by atoms with E-state index in [4.69, 9.17) is 9.98 Å². The zero-order valence-corrected chi connectivity index (χ0v) is 35.0. The maximum absolute atomic E-state index is 5.26. The van der Waals surface area contributed by atoms with E-state index in [1.165, 1.54) is 177 Å². The van der Waals surface area contributed by atoms with Crippen LogP contribution in [0.15, 0.2) is 58.5 Å². The molecule has 292 valence electrons. The first-order valence-corrected chi connectivity index (χ1v) is 22.0. The maximum Gasteiger partial charge on any atom is 0.0636 e. The Kier molecular flexibility index (Phi) is 31.6. The molecule has 0 aliphatic rings. The summed E-state index contributed by atoms with van der Waals surface area (Å²) >= 11 is 0. The van der Waals surface area contributed by atoms with Crippen molar-refractivity contribution in [3.05, 3.63) is 59.7 Å². The topological polar surface area (TPSA) is 24.7 Å². The zero-order valence-electron chi connectivity index (χ0n) is 34.0. The summed E-state index contributed by atoms with van der Waals surface area (Å²) in [6.07, 6.45) is 40.1. The van der Waals surface area contributed by atoms with Gasteiger partial charge in [0.15, 0.2) is 0 Å². The van der Waals surface area contributed by atoms with Crippen LogP contribution in [0.4, 0.5) is 11.4 Å².